The van der Waals surface area contributed by atoms with Crippen molar-refractivity contribution in [3.8, 4) is 0 Å². The molecule has 0 amide bonds. The molecule has 1 heterocycles. The Morgan fingerprint density at radius 3 is 2.42 bits per heavy atom. The van der Waals surface area contributed by atoms with Gasteiger partial charge in [0, 0.05) is 31.4 Å². The van der Waals surface area contributed by atoms with Crippen LogP contribution in [0.4, 0.5) is 5.69 Å². The van der Waals surface area contributed by atoms with Crippen molar-refractivity contribution < 1.29 is 5.11 Å². The van der Waals surface area contributed by atoms with Crippen molar-refractivity contribution in [3.05, 3.63) is 29.8 Å². The van der Waals surface area contributed by atoms with Gasteiger partial charge in [-0.2, -0.15) is 0 Å². The first-order valence-electron chi connectivity index (χ1n) is 7.39. The second-order valence-electron chi connectivity index (χ2n) is 5.82. The van der Waals surface area contributed by atoms with Crippen molar-refractivity contribution in [3.63, 3.8) is 0 Å². The van der Waals surface area contributed by atoms with Crippen molar-refractivity contribution >= 4 is 5.69 Å². The quantitative estimate of drug-likeness (QED) is 0.856. The highest BCUT2D eigenvalue weighted by Gasteiger charge is 2.16. The van der Waals surface area contributed by atoms with Gasteiger partial charge in [0.2, 0.25) is 0 Å². The Balaban J connectivity index is 1.76. The molecule has 1 aliphatic heterocycles. The standard InChI is InChI=1S/C16H26N2O/c1-13(2)17-15-5-3-14(4-6-15)7-10-18-11-8-16(19)9-12-18/h3-6,13,16-17,19H,7-12H2,1-2H3. The fourth-order valence-corrected chi connectivity index (χ4v) is 2.53. The third-order valence-corrected chi connectivity index (χ3v) is 3.68. The van der Waals surface area contributed by atoms with Crippen LogP contribution < -0.4 is 5.32 Å². The third-order valence-electron chi connectivity index (χ3n) is 3.68. The first-order chi connectivity index (χ1) is 9.13. The van der Waals surface area contributed by atoms with E-state index in [2.05, 4.69) is 48.3 Å². The van der Waals surface area contributed by atoms with Crippen LogP contribution in [-0.2, 0) is 6.42 Å². The summed E-state index contributed by atoms with van der Waals surface area (Å²) in [6.45, 7) is 7.48. The van der Waals surface area contributed by atoms with Crippen LogP contribution in [0.3, 0.4) is 0 Å². The van der Waals surface area contributed by atoms with Gasteiger partial charge in [0.15, 0.2) is 0 Å². The normalized spacial score (nSPS) is 17.9. The second-order valence-corrected chi connectivity index (χ2v) is 5.82. The zero-order chi connectivity index (χ0) is 13.7. The van der Waals surface area contributed by atoms with Crippen LogP contribution in [0.1, 0.15) is 32.3 Å². The summed E-state index contributed by atoms with van der Waals surface area (Å²) in [5.41, 5.74) is 2.58. The highest BCUT2D eigenvalue weighted by atomic mass is 16.3. The number of likely N-dealkylation sites (tertiary alicyclic amines) is 1. The van der Waals surface area contributed by atoms with Crippen LogP contribution >= 0.6 is 0 Å². The van der Waals surface area contributed by atoms with Crippen molar-refractivity contribution in [1.29, 1.82) is 0 Å². The Kier molecular flexibility index (Phi) is 5.23. The average Bonchev–Trinajstić information content (AvgIpc) is 2.39. The molecule has 0 bridgehead atoms. The molecule has 2 N–H and O–H groups in total. The van der Waals surface area contributed by atoms with Crippen molar-refractivity contribution in [2.24, 2.45) is 0 Å². The Morgan fingerprint density at radius 2 is 1.84 bits per heavy atom. The average molecular weight is 262 g/mol. The van der Waals surface area contributed by atoms with Gasteiger partial charge in [-0.05, 0) is 50.8 Å². The summed E-state index contributed by atoms with van der Waals surface area (Å²) < 4.78 is 0. The second kappa shape index (κ2) is 6.92. The molecule has 1 aromatic carbocycles. The highest BCUT2D eigenvalue weighted by Crippen LogP contribution is 2.13. The molecule has 0 aliphatic carbocycles. The SMILES string of the molecule is CC(C)Nc1ccc(CCN2CCC(O)CC2)cc1. The summed E-state index contributed by atoms with van der Waals surface area (Å²) in [5.74, 6) is 0. The number of hydrogen-bond acceptors (Lipinski definition) is 3. The number of benzene rings is 1. The Hall–Kier alpha value is -1.06. The molecule has 1 aliphatic rings. The Morgan fingerprint density at radius 1 is 1.21 bits per heavy atom. The number of piperidine rings is 1. The van der Waals surface area contributed by atoms with E-state index in [1.807, 2.05) is 0 Å². The number of rotatable bonds is 5. The molecule has 2 rings (SSSR count). The van der Waals surface area contributed by atoms with Crippen LogP contribution in [0.25, 0.3) is 0 Å². The predicted molar refractivity (Wildman–Crippen MR) is 80.6 cm³/mol. The molecule has 1 saturated heterocycles. The van der Waals surface area contributed by atoms with Gasteiger partial charge < -0.3 is 15.3 Å². The summed E-state index contributed by atoms with van der Waals surface area (Å²) in [6.07, 6.45) is 2.88. The molecule has 0 spiro atoms. The maximum atomic E-state index is 9.48. The summed E-state index contributed by atoms with van der Waals surface area (Å²) in [6, 6.07) is 9.23. The zero-order valence-electron chi connectivity index (χ0n) is 12.1. The zero-order valence-corrected chi connectivity index (χ0v) is 12.1. The minimum atomic E-state index is -0.0716. The summed E-state index contributed by atoms with van der Waals surface area (Å²) in [4.78, 5) is 2.45. The Labute approximate surface area is 116 Å². The minimum absolute atomic E-state index is 0.0716. The lowest BCUT2D eigenvalue weighted by Gasteiger charge is -2.29. The first-order valence-corrected chi connectivity index (χ1v) is 7.39. The summed E-state index contributed by atoms with van der Waals surface area (Å²) >= 11 is 0. The molecule has 0 atom stereocenters. The maximum Gasteiger partial charge on any atom is 0.0564 e. The van der Waals surface area contributed by atoms with E-state index in [1.54, 1.807) is 0 Å². The molecule has 19 heavy (non-hydrogen) atoms. The molecule has 3 heteroatoms. The molecule has 0 unspecified atom stereocenters. The van der Waals surface area contributed by atoms with E-state index < -0.39 is 0 Å². The largest absolute Gasteiger partial charge is 0.393 e. The third kappa shape index (κ3) is 4.84. The lowest BCUT2D eigenvalue weighted by molar-refractivity contribution is 0.0832. The van der Waals surface area contributed by atoms with Gasteiger partial charge in [-0.25, -0.2) is 0 Å². The number of aliphatic hydroxyl groups is 1. The van der Waals surface area contributed by atoms with Crippen molar-refractivity contribution in [1.82, 2.24) is 4.90 Å². The molecule has 1 fully saturated rings. The fourth-order valence-electron chi connectivity index (χ4n) is 2.53. The van der Waals surface area contributed by atoms with Gasteiger partial charge >= 0.3 is 0 Å². The van der Waals surface area contributed by atoms with Gasteiger partial charge in [-0.3, -0.25) is 0 Å². The molecule has 0 saturated carbocycles. The van der Waals surface area contributed by atoms with E-state index in [9.17, 15) is 5.11 Å². The number of hydrogen-bond donors (Lipinski definition) is 2. The van der Waals surface area contributed by atoms with Gasteiger partial charge in [0.1, 0.15) is 0 Å². The molecular formula is C16H26N2O. The van der Waals surface area contributed by atoms with E-state index in [0.717, 1.165) is 38.9 Å². The molecule has 106 valence electrons. The lowest BCUT2D eigenvalue weighted by Crippen LogP contribution is -2.37. The topological polar surface area (TPSA) is 35.5 Å². The van der Waals surface area contributed by atoms with E-state index >= 15 is 0 Å². The number of anilines is 1. The fraction of sp³-hybridized carbons (Fsp3) is 0.625. The van der Waals surface area contributed by atoms with E-state index in [1.165, 1.54) is 11.3 Å². The highest BCUT2D eigenvalue weighted by molar-refractivity contribution is 5.45. The van der Waals surface area contributed by atoms with Crippen LogP contribution in [0.2, 0.25) is 0 Å². The molecule has 0 aromatic heterocycles. The smallest absolute Gasteiger partial charge is 0.0564 e. The number of nitrogens with one attached hydrogen (secondary N) is 1. The van der Waals surface area contributed by atoms with Gasteiger partial charge in [0.05, 0.1) is 6.10 Å². The number of aliphatic hydroxyl groups excluding tert-OH is 1. The van der Waals surface area contributed by atoms with Crippen LogP contribution in [0.5, 0.6) is 0 Å². The minimum Gasteiger partial charge on any atom is -0.393 e. The molecular weight excluding hydrogens is 236 g/mol. The molecule has 1 aromatic rings. The summed E-state index contributed by atoms with van der Waals surface area (Å²) in [5, 5.41) is 12.9. The van der Waals surface area contributed by atoms with E-state index in [0.29, 0.717) is 6.04 Å². The lowest BCUT2D eigenvalue weighted by atomic mass is 10.1. The first kappa shape index (κ1) is 14.4. The van der Waals surface area contributed by atoms with E-state index in [4.69, 9.17) is 0 Å². The molecule has 3 nitrogen and oxygen atoms in total. The van der Waals surface area contributed by atoms with Crippen LogP contribution in [0.15, 0.2) is 24.3 Å². The van der Waals surface area contributed by atoms with Crippen molar-refractivity contribution in [2.75, 3.05) is 25.0 Å². The predicted octanol–water partition coefficient (Wildman–Crippen LogP) is 2.51. The van der Waals surface area contributed by atoms with E-state index in [-0.39, 0.29) is 6.10 Å². The molecule has 0 radical (unpaired) electrons. The maximum absolute atomic E-state index is 9.48. The summed E-state index contributed by atoms with van der Waals surface area (Å²) in [7, 11) is 0. The van der Waals surface area contributed by atoms with Gasteiger partial charge in [-0.15, -0.1) is 0 Å². The Bertz CT molecular complexity index is 367. The van der Waals surface area contributed by atoms with Crippen molar-refractivity contribution in [2.45, 2.75) is 45.3 Å². The number of nitrogens with zero attached hydrogens (tertiary/aromatic N) is 1. The monoisotopic (exact) mass is 262 g/mol. The van der Waals surface area contributed by atoms with Gasteiger partial charge in [0.25, 0.3) is 0 Å². The van der Waals surface area contributed by atoms with Crippen LogP contribution in [0, 0.1) is 0 Å². The van der Waals surface area contributed by atoms with Gasteiger partial charge in [-0.1, -0.05) is 12.1 Å². The van der Waals surface area contributed by atoms with Crippen LogP contribution in [-0.4, -0.2) is 41.8 Å².